The molecule has 21 heavy (non-hydrogen) atoms. The summed E-state index contributed by atoms with van der Waals surface area (Å²) < 4.78 is 1.91. The van der Waals surface area contributed by atoms with Crippen LogP contribution in [0.3, 0.4) is 0 Å². The fraction of sp³-hybridized carbons (Fsp3) is 0.375. The molecule has 1 amide bonds. The fourth-order valence-corrected chi connectivity index (χ4v) is 3.04. The maximum Gasteiger partial charge on any atom is 0.306 e. The summed E-state index contributed by atoms with van der Waals surface area (Å²) in [5.41, 5.74) is 1.03. The third-order valence-electron chi connectivity index (χ3n) is 4.14. The van der Waals surface area contributed by atoms with Gasteiger partial charge in [0, 0.05) is 17.8 Å². The molecule has 0 spiro atoms. The summed E-state index contributed by atoms with van der Waals surface area (Å²) in [5, 5.41) is 13.0. The number of nitrogens with zero attached hydrogens (tertiary/aromatic N) is 1. The van der Waals surface area contributed by atoms with Gasteiger partial charge in [-0.15, -0.1) is 0 Å². The Balaban J connectivity index is 1.61. The van der Waals surface area contributed by atoms with Crippen LogP contribution in [-0.4, -0.2) is 27.6 Å². The highest BCUT2D eigenvalue weighted by Crippen LogP contribution is 2.25. The molecule has 2 atom stereocenters. The second kappa shape index (κ2) is 5.60. The topological polar surface area (TPSA) is 71.3 Å². The van der Waals surface area contributed by atoms with Gasteiger partial charge in [0.05, 0.1) is 5.92 Å². The molecular weight excluding hydrogens is 268 g/mol. The minimum Gasteiger partial charge on any atom is -0.481 e. The number of amides is 1. The molecule has 2 aromatic rings. The number of benzene rings is 1. The molecule has 1 heterocycles. The molecule has 3 rings (SSSR count). The van der Waals surface area contributed by atoms with Gasteiger partial charge in [-0.05, 0) is 36.8 Å². The zero-order valence-electron chi connectivity index (χ0n) is 11.7. The Morgan fingerprint density at radius 1 is 1.24 bits per heavy atom. The van der Waals surface area contributed by atoms with Gasteiger partial charge in [0.25, 0.3) is 0 Å². The van der Waals surface area contributed by atoms with Crippen LogP contribution in [0.5, 0.6) is 0 Å². The molecular formula is C16H18N2O3. The number of rotatable bonds is 4. The van der Waals surface area contributed by atoms with E-state index >= 15 is 0 Å². The smallest absolute Gasteiger partial charge is 0.306 e. The molecule has 5 nitrogen and oxygen atoms in total. The van der Waals surface area contributed by atoms with Crippen LogP contribution < -0.4 is 5.32 Å². The van der Waals surface area contributed by atoms with Crippen LogP contribution in [0.25, 0.3) is 10.9 Å². The second-order valence-corrected chi connectivity index (χ2v) is 5.62. The van der Waals surface area contributed by atoms with Gasteiger partial charge in [-0.3, -0.25) is 9.59 Å². The van der Waals surface area contributed by atoms with E-state index in [1.165, 1.54) is 0 Å². The number of para-hydroxylation sites is 1. The highest BCUT2D eigenvalue weighted by molar-refractivity contribution is 5.83. The van der Waals surface area contributed by atoms with Crippen LogP contribution in [-0.2, 0) is 16.1 Å². The Hall–Kier alpha value is -2.30. The summed E-state index contributed by atoms with van der Waals surface area (Å²) in [5.74, 6) is -1.14. The molecule has 1 aliphatic rings. The van der Waals surface area contributed by atoms with Gasteiger partial charge in [-0.25, -0.2) is 0 Å². The number of hydrogen-bond donors (Lipinski definition) is 2. The minimum atomic E-state index is -0.761. The van der Waals surface area contributed by atoms with Gasteiger partial charge in [-0.1, -0.05) is 18.2 Å². The summed E-state index contributed by atoms with van der Waals surface area (Å²) in [6.45, 7) is 0.266. The number of carbonyl (C=O) groups is 2. The first-order valence-corrected chi connectivity index (χ1v) is 7.19. The molecule has 1 aromatic heterocycles. The molecule has 2 N–H and O–H groups in total. The summed E-state index contributed by atoms with van der Waals surface area (Å²) in [4.78, 5) is 23.0. The van der Waals surface area contributed by atoms with Crippen LogP contribution >= 0.6 is 0 Å². The third-order valence-corrected chi connectivity index (χ3v) is 4.14. The van der Waals surface area contributed by atoms with Crippen molar-refractivity contribution >= 4 is 22.8 Å². The first kappa shape index (κ1) is 13.7. The average molecular weight is 286 g/mol. The quantitative estimate of drug-likeness (QED) is 0.903. The predicted molar refractivity (Wildman–Crippen MR) is 78.8 cm³/mol. The first-order chi connectivity index (χ1) is 10.1. The molecule has 0 radical (unpaired) electrons. The highest BCUT2D eigenvalue weighted by Gasteiger charge is 2.30. The van der Waals surface area contributed by atoms with Crippen molar-refractivity contribution in [1.29, 1.82) is 0 Å². The van der Waals surface area contributed by atoms with Crippen molar-refractivity contribution in [2.24, 2.45) is 5.92 Å². The number of carboxylic acid groups (broad SMARTS) is 1. The van der Waals surface area contributed by atoms with E-state index in [9.17, 15) is 9.59 Å². The third kappa shape index (κ3) is 2.91. The van der Waals surface area contributed by atoms with E-state index in [-0.39, 0.29) is 24.4 Å². The van der Waals surface area contributed by atoms with E-state index in [2.05, 4.69) is 5.32 Å². The molecule has 0 bridgehead atoms. The van der Waals surface area contributed by atoms with Crippen molar-refractivity contribution in [2.45, 2.75) is 31.8 Å². The standard InChI is InChI=1S/C16H18N2O3/c19-15(17-13-6-5-12(9-13)16(20)21)10-18-8-7-11-3-1-2-4-14(11)18/h1-4,7-8,12-13H,5-6,9-10H2,(H,17,19)(H,20,21)/t12-,13+/m0/s1. The number of carbonyl (C=O) groups excluding carboxylic acids is 1. The van der Waals surface area contributed by atoms with E-state index in [1.54, 1.807) is 0 Å². The predicted octanol–water partition coefficient (Wildman–Crippen LogP) is 2.01. The summed E-state index contributed by atoms with van der Waals surface area (Å²) in [6.07, 6.45) is 3.83. The number of carboxylic acids is 1. The van der Waals surface area contributed by atoms with Gasteiger partial charge < -0.3 is 15.0 Å². The second-order valence-electron chi connectivity index (χ2n) is 5.62. The van der Waals surface area contributed by atoms with E-state index in [4.69, 9.17) is 5.11 Å². The Morgan fingerprint density at radius 3 is 2.81 bits per heavy atom. The van der Waals surface area contributed by atoms with Crippen molar-refractivity contribution in [2.75, 3.05) is 0 Å². The van der Waals surface area contributed by atoms with Crippen LogP contribution in [0.4, 0.5) is 0 Å². The number of aromatic nitrogens is 1. The highest BCUT2D eigenvalue weighted by atomic mass is 16.4. The van der Waals surface area contributed by atoms with Gasteiger partial charge in [0.15, 0.2) is 0 Å². The van der Waals surface area contributed by atoms with Crippen molar-refractivity contribution in [3.8, 4) is 0 Å². The van der Waals surface area contributed by atoms with Gasteiger partial charge in [0.1, 0.15) is 6.54 Å². The maximum absolute atomic E-state index is 12.1. The monoisotopic (exact) mass is 286 g/mol. The number of nitrogens with one attached hydrogen (secondary N) is 1. The van der Waals surface area contributed by atoms with Gasteiger partial charge >= 0.3 is 5.97 Å². The van der Waals surface area contributed by atoms with Crippen LogP contribution in [0.15, 0.2) is 36.5 Å². The van der Waals surface area contributed by atoms with E-state index < -0.39 is 5.97 Å². The zero-order chi connectivity index (χ0) is 14.8. The molecule has 1 fully saturated rings. The average Bonchev–Trinajstić information content (AvgIpc) is 3.07. The lowest BCUT2D eigenvalue weighted by Crippen LogP contribution is -2.35. The lowest BCUT2D eigenvalue weighted by molar-refractivity contribution is -0.141. The lowest BCUT2D eigenvalue weighted by Gasteiger charge is -2.13. The van der Waals surface area contributed by atoms with E-state index in [0.717, 1.165) is 17.3 Å². The minimum absolute atomic E-state index is 0.0135. The van der Waals surface area contributed by atoms with E-state index in [0.29, 0.717) is 12.8 Å². The molecule has 0 unspecified atom stereocenters. The van der Waals surface area contributed by atoms with Crippen molar-refractivity contribution in [3.05, 3.63) is 36.5 Å². The molecule has 110 valence electrons. The Kier molecular flexibility index (Phi) is 3.64. The number of aliphatic carboxylic acids is 1. The van der Waals surface area contributed by atoms with Crippen molar-refractivity contribution in [1.82, 2.24) is 9.88 Å². The van der Waals surface area contributed by atoms with Gasteiger partial charge in [0.2, 0.25) is 5.91 Å². The SMILES string of the molecule is O=C(Cn1ccc2ccccc21)N[C@@H]1CC[C@H](C(=O)O)C1. The number of fused-ring (bicyclic) bond motifs is 1. The zero-order valence-corrected chi connectivity index (χ0v) is 11.7. The van der Waals surface area contributed by atoms with Gasteiger partial charge in [-0.2, -0.15) is 0 Å². The normalized spacial score (nSPS) is 21.5. The summed E-state index contributed by atoms with van der Waals surface area (Å²) in [6, 6.07) is 9.89. The molecule has 5 heteroatoms. The maximum atomic E-state index is 12.1. The molecule has 1 saturated carbocycles. The molecule has 0 aliphatic heterocycles. The Morgan fingerprint density at radius 2 is 2.05 bits per heavy atom. The summed E-state index contributed by atoms with van der Waals surface area (Å²) in [7, 11) is 0. The fourth-order valence-electron chi connectivity index (χ4n) is 3.04. The molecule has 0 saturated heterocycles. The number of hydrogen-bond acceptors (Lipinski definition) is 2. The first-order valence-electron chi connectivity index (χ1n) is 7.19. The van der Waals surface area contributed by atoms with Crippen LogP contribution in [0.1, 0.15) is 19.3 Å². The van der Waals surface area contributed by atoms with Crippen molar-refractivity contribution < 1.29 is 14.7 Å². The Labute approximate surface area is 122 Å². The lowest BCUT2D eigenvalue weighted by atomic mass is 10.1. The summed E-state index contributed by atoms with van der Waals surface area (Å²) >= 11 is 0. The van der Waals surface area contributed by atoms with Crippen LogP contribution in [0.2, 0.25) is 0 Å². The largest absolute Gasteiger partial charge is 0.481 e. The molecule has 1 aliphatic carbocycles. The van der Waals surface area contributed by atoms with Crippen LogP contribution in [0, 0.1) is 5.92 Å². The van der Waals surface area contributed by atoms with E-state index in [1.807, 2.05) is 41.1 Å². The molecule has 1 aromatic carbocycles. The Bertz CT molecular complexity index is 677. The van der Waals surface area contributed by atoms with Crippen molar-refractivity contribution in [3.63, 3.8) is 0 Å².